The molecular weight excluding hydrogens is 240 g/mol. The number of hydrogen-bond acceptors (Lipinski definition) is 4. The first-order chi connectivity index (χ1) is 9.10. The third-order valence-corrected chi connectivity index (χ3v) is 3.33. The Morgan fingerprint density at radius 3 is 2.47 bits per heavy atom. The molecule has 1 aromatic carbocycles. The van der Waals surface area contributed by atoms with E-state index in [2.05, 4.69) is 9.97 Å². The minimum atomic E-state index is -1.17. The van der Waals surface area contributed by atoms with Crippen LogP contribution in [0.25, 0.3) is 0 Å². The van der Waals surface area contributed by atoms with E-state index in [0.717, 1.165) is 5.56 Å². The van der Waals surface area contributed by atoms with Crippen LogP contribution in [0.5, 0.6) is 5.88 Å². The van der Waals surface area contributed by atoms with Gasteiger partial charge in [-0.05, 0) is 11.5 Å². The molecule has 0 saturated carbocycles. The highest BCUT2D eigenvalue weighted by Gasteiger charge is 2.38. The molecule has 0 amide bonds. The number of benzene rings is 1. The number of ether oxygens (including phenoxy) is 1. The van der Waals surface area contributed by atoms with Crippen molar-refractivity contribution in [1.82, 2.24) is 9.97 Å². The predicted molar refractivity (Wildman–Crippen MR) is 72.9 cm³/mol. The first-order valence-corrected chi connectivity index (χ1v) is 6.23. The molecule has 0 aliphatic carbocycles. The summed E-state index contributed by atoms with van der Waals surface area (Å²) in [5, 5.41) is 11.2. The fourth-order valence-electron chi connectivity index (χ4n) is 2.23. The molecule has 100 valence electrons. The average molecular weight is 258 g/mol. The van der Waals surface area contributed by atoms with Gasteiger partial charge in [-0.2, -0.15) is 0 Å². The monoisotopic (exact) mass is 258 g/mol. The molecule has 0 spiro atoms. The molecule has 0 fully saturated rings. The second-order valence-electron chi connectivity index (χ2n) is 4.73. The van der Waals surface area contributed by atoms with Crippen LogP contribution < -0.4 is 4.74 Å². The Kier molecular flexibility index (Phi) is 3.81. The summed E-state index contributed by atoms with van der Waals surface area (Å²) in [5.74, 6) is 0.352. The van der Waals surface area contributed by atoms with Gasteiger partial charge >= 0.3 is 0 Å². The lowest BCUT2D eigenvalue weighted by Crippen LogP contribution is -2.34. The van der Waals surface area contributed by atoms with Crippen molar-refractivity contribution in [3.8, 4) is 5.88 Å². The molecule has 0 aliphatic heterocycles. The Morgan fingerprint density at radius 2 is 1.89 bits per heavy atom. The second kappa shape index (κ2) is 5.36. The SMILES string of the molecule is COc1ncncc1[C@](O)(c1ccccc1)C(C)C. The van der Waals surface area contributed by atoms with Crippen molar-refractivity contribution in [2.24, 2.45) is 5.92 Å². The highest BCUT2D eigenvalue weighted by molar-refractivity contribution is 5.40. The molecule has 0 unspecified atom stereocenters. The average Bonchev–Trinajstić information content (AvgIpc) is 2.47. The number of methoxy groups -OCH3 is 1. The summed E-state index contributed by atoms with van der Waals surface area (Å²) in [6.45, 7) is 3.92. The summed E-state index contributed by atoms with van der Waals surface area (Å²) in [4.78, 5) is 8.09. The van der Waals surface area contributed by atoms with Crippen molar-refractivity contribution in [2.75, 3.05) is 7.11 Å². The van der Waals surface area contributed by atoms with Crippen LogP contribution in [0.3, 0.4) is 0 Å². The molecule has 1 atom stereocenters. The molecular formula is C15H18N2O2. The number of aliphatic hydroxyl groups is 1. The van der Waals surface area contributed by atoms with Crippen LogP contribution in [0.1, 0.15) is 25.0 Å². The smallest absolute Gasteiger partial charge is 0.222 e. The van der Waals surface area contributed by atoms with Gasteiger partial charge in [-0.1, -0.05) is 44.2 Å². The van der Waals surface area contributed by atoms with Crippen molar-refractivity contribution < 1.29 is 9.84 Å². The molecule has 1 N–H and O–H groups in total. The van der Waals surface area contributed by atoms with Gasteiger partial charge in [-0.3, -0.25) is 0 Å². The van der Waals surface area contributed by atoms with E-state index in [1.807, 2.05) is 44.2 Å². The van der Waals surface area contributed by atoms with Crippen molar-refractivity contribution in [3.63, 3.8) is 0 Å². The van der Waals surface area contributed by atoms with Gasteiger partial charge in [0.2, 0.25) is 5.88 Å². The minimum absolute atomic E-state index is 0.0465. The van der Waals surface area contributed by atoms with Gasteiger partial charge in [0, 0.05) is 6.20 Å². The highest BCUT2D eigenvalue weighted by Crippen LogP contribution is 2.39. The zero-order valence-corrected chi connectivity index (χ0v) is 11.4. The number of hydrogen-bond donors (Lipinski definition) is 1. The predicted octanol–water partition coefficient (Wildman–Crippen LogP) is 2.38. The van der Waals surface area contributed by atoms with Gasteiger partial charge in [0.1, 0.15) is 11.9 Å². The van der Waals surface area contributed by atoms with E-state index >= 15 is 0 Å². The fraction of sp³-hybridized carbons (Fsp3) is 0.333. The second-order valence-corrected chi connectivity index (χ2v) is 4.73. The first kappa shape index (κ1) is 13.5. The van der Waals surface area contributed by atoms with Gasteiger partial charge in [-0.15, -0.1) is 0 Å². The van der Waals surface area contributed by atoms with Gasteiger partial charge < -0.3 is 9.84 Å². The summed E-state index contributed by atoms with van der Waals surface area (Å²) in [7, 11) is 1.54. The van der Waals surface area contributed by atoms with Crippen LogP contribution in [0.15, 0.2) is 42.9 Å². The fourth-order valence-corrected chi connectivity index (χ4v) is 2.23. The minimum Gasteiger partial charge on any atom is -0.481 e. The quantitative estimate of drug-likeness (QED) is 0.914. The van der Waals surface area contributed by atoms with Crippen molar-refractivity contribution in [3.05, 3.63) is 54.0 Å². The number of rotatable bonds is 4. The maximum absolute atomic E-state index is 11.2. The Bertz CT molecular complexity index is 543. The lowest BCUT2D eigenvalue weighted by atomic mass is 9.78. The topological polar surface area (TPSA) is 55.2 Å². The van der Waals surface area contributed by atoms with Gasteiger partial charge in [0.05, 0.1) is 12.7 Å². The Balaban J connectivity index is 2.64. The van der Waals surface area contributed by atoms with E-state index < -0.39 is 5.60 Å². The van der Waals surface area contributed by atoms with Crippen LogP contribution in [0.2, 0.25) is 0 Å². The molecule has 0 saturated heterocycles. The number of aromatic nitrogens is 2. The Hall–Kier alpha value is -1.94. The van der Waals surface area contributed by atoms with Crippen LogP contribution >= 0.6 is 0 Å². The number of nitrogens with zero attached hydrogens (tertiary/aromatic N) is 2. The lowest BCUT2D eigenvalue weighted by molar-refractivity contribution is 0.0285. The molecule has 4 nitrogen and oxygen atoms in total. The largest absolute Gasteiger partial charge is 0.481 e. The van der Waals surface area contributed by atoms with E-state index in [1.54, 1.807) is 6.20 Å². The Morgan fingerprint density at radius 1 is 1.21 bits per heavy atom. The van der Waals surface area contributed by atoms with E-state index in [0.29, 0.717) is 11.4 Å². The van der Waals surface area contributed by atoms with Crippen molar-refractivity contribution in [1.29, 1.82) is 0 Å². The lowest BCUT2D eigenvalue weighted by Gasteiger charge is -2.33. The zero-order chi connectivity index (χ0) is 13.9. The summed E-state index contributed by atoms with van der Waals surface area (Å²) in [6.07, 6.45) is 3.02. The molecule has 2 aromatic rings. The normalized spacial score (nSPS) is 14.2. The summed E-state index contributed by atoms with van der Waals surface area (Å²) < 4.78 is 5.25. The van der Waals surface area contributed by atoms with Crippen LogP contribution in [-0.4, -0.2) is 22.2 Å². The maximum Gasteiger partial charge on any atom is 0.222 e. The summed E-state index contributed by atoms with van der Waals surface area (Å²) >= 11 is 0. The van der Waals surface area contributed by atoms with Gasteiger partial charge in [-0.25, -0.2) is 9.97 Å². The van der Waals surface area contributed by atoms with Gasteiger partial charge in [0.15, 0.2) is 0 Å². The van der Waals surface area contributed by atoms with Crippen molar-refractivity contribution >= 4 is 0 Å². The third-order valence-electron chi connectivity index (χ3n) is 3.33. The molecule has 0 aliphatic rings. The summed E-state index contributed by atoms with van der Waals surface area (Å²) in [6, 6.07) is 9.51. The van der Waals surface area contributed by atoms with E-state index in [1.165, 1.54) is 13.4 Å². The maximum atomic E-state index is 11.2. The van der Waals surface area contributed by atoms with Crippen LogP contribution in [0, 0.1) is 5.92 Å². The van der Waals surface area contributed by atoms with Crippen LogP contribution in [0.4, 0.5) is 0 Å². The van der Waals surface area contributed by atoms with E-state index in [9.17, 15) is 5.11 Å². The zero-order valence-electron chi connectivity index (χ0n) is 11.4. The van der Waals surface area contributed by atoms with Gasteiger partial charge in [0.25, 0.3) is 0 Å². The third kappa shape index (κ3) is 2.31. The molecule has 19 heavy (non-hydrogen) atoms. The van der Waals surface area contributed by atoms with Crippen LogP contribution in [-0.2, 0) is 5.60 Å². The Labute approximate surface area is 113 Å². The van der Waals surface area contributed by atoms with E-state index in [4.69, 9.17) is 4.74 Å². The standard InChI is InChI=1S/C15H18N2O2/c1-11(2)15(18,12-7-5-4-6-8-12)13-9-16-10-17-14(13)19-3/h4-11,18H,1-3H3/t15-/m1/s1. The first-order valence-electron chi connectivity index (χ1n) is 6.23. The van der Waals surface area contributed by atoms with Crippen molar-refractivity contribution in [2.45, 2.75) is 19.4 Å². The molecule has 1 heterocycles. The molecule has 2 rings (SSSR count). The van der Waals surface area contributed by atoms with E-state index in [-0.39, 0.29) is 5.92 Å². The molecule has 4 heteroatoms. The highest BCUT2D eigenvalue weighted by atomic mass is 16.5. The molecule has 0 bridgehead atoms. The molecule has 1 aromatic heterocycles. The summed E-state index contributed by atoms with van der Waals surface area (Å²) in [5.41, 5.74) is 0.213. The molecule has 0 radical (unpaired) electrons.